The first-order valence-electron chi connectivity index (χ1n) is 7.56. The quantitative estimate of drug-likeness (QED) is 0.857. The lowest BCUT2D eigenvalue weighted by Gasteiger charge is -2.41. The average Bonchev–Trinajstić information content (AvgIpc) is 2.91. The topological polar surface area (TPSA) is 45.1 Å². The van der Waals surface area contributed by atoms with Gasteiger partial charge in [0.1, 0.15) is 0 Å². The van der Waals surface area contributed by atoms with Crippen LogP contribution in [0.2, 0.25) is 5.02 Å². The molecule has 0 N–H and O–H groups in total. The predicted octanol–water partition coefficient (Wildman–Crippen LogP) is 3.30. The summed E-state index contributed by atoms with van der Waals surface area (Å²) in [5.74, 6) is 0. The second-order valence-corrected chi connectivity index (χ2v) is 6.38. The van der Waals surface area contributed by atoms with Crippen molar-refractivity contribution in [2.75, 3.05) is 13.1 Å². The molecule has 1 atom stereocenters. The number of likely N-dealkylation sites (tertiary alicyclic amines) is 1. The van der Waals surface area contributed by atoms with Gasteiger partial charge in [-0.25, -0.2) is 9.80 Å². The summed E-state index contributed by atoms with van der Waals surface area (Å²) in [6.07, 6.45) is 2.85. The van der Waals surface area contributed by atoms with Crippen molar-refractivity contribution in [1.29, 1.82) is 0 Å². The van der Waals surface area contributed by atoms with Crippen molar-refractivity contribution in [3.05, 3.63) is 34.9 Å². The monoisotopic (exact) mass is 321 g/mol. The number of carbonyl (C=O) groups excluding carboxylic acids is 1. The molecule has 6 heteroatoms. The molecule has 2 aliphatic rings. The number of hydrogen-bond acceptors (Lipinski definition) is 3. The van der Waals surface area contributed by atoms with E-state index in [4.69, 9.17) is 16.3 Å². The number of benzene rings is 1. The summed E-state index contributed by atoms with van der Waals surface area (Å²) >= 11 is 5.92. The molecule has 0 aliphatic carbocycles. The predicted molar refractivity (Wildman–Crippen MR) is 86.1 cm³/mol. The second-order valence-electron chi connectivity index (χ2n) is 5.94. The highest BCUT2D eigenvalue weighted by Crippen LogP contribution is 2.31. The van der Waals surface area contributed by atoms with Gasteiger partial charge >= 0.3 is 6.03 Å². The summed E-state index contributed by atoms with van der Waals surface area (Å²) in [4.78, 5) is 14.3. The molecule has 0 unspecified atom stereocenters. The molecule has 0 aromatic heterocycles. The standard InChI is InChI=1S/C16H20ClN3O2/c1-11(2)22-14-9-19(10-14)16(21)20-15(7-8-18-20)12-3-5-13(17)6-4-12/h3-6,8,11,14-15H,7,9-10H2,1-2H3/t15-/m0/s1. The fourth-order valence-corrected chi connectivity index (χ4v) is 2.90. The third-order valence-electron chi connectivity index (χ3n) is 3.86. The molecule has 1 aromatic carbocycles. The number of urea groups is 1. The number of hydrazone groups is 1. The lowest BCUT2D eigenvalue weighted by Crippen LogP contribution is -2.58. The lowest BCUT2D eigenvalue weighted by atomic mass is 10.0. The van der Waals surface area contributed by atoms with Crippen LogP contribution in [-0.2, 0) is 4.74 Å². The van der Waals surface area contributed by atoms with Crippen molar-refractivity contribution in [3.8, 4) is 0 Å². The van der Waals surface area contributed by atoms with Crippen LogP contribution in [0.4, 0.5) is 4.79 Å². The van der Waals surface area contributed by atoms with Crippen LogP contribution in [-0.4, -0.2) is 47.5 Å². The van der Waals surface area contributed by atoms with E-state index >= 15 is 0 Å². The van der Waals surface area contributed by atoms with Gasteiger partial charge in [0.15, 0.2) is 0 Å². The summed E-state index contributed by atoms with van der Waals surface area (Å²) in [5, 5.41) is 6.50. The van der Waals surface area contributed by atoms with Crippen LogP contribution >= 0.6 is 11.6 Å². The number of hydrogen-bond donors (Lipinski definition) is 0. The molecule has 3 rings (SSSR count). The van der Waals surface area contributed by atoms with Crippen LogP contribution in [0.25, 0.3) is 0 Å². The Hall–Kier alpha value is -1.59. The minimum absolute atomic E-state index is 0.0465. The van der Waals surface area contributed by atoms with Crippen molar-refractivity contribution in [1.82, 2.24) is 9.91 Å². The Morgan fingerprint density at radius 2 is 2.00 bits per heavy atom. The molecule has 0 saturated carbocycles. The van der Waals surface area contributed by atoms with Gasteiger partial charge in [0, 0.05) is 17.7 Å². The van der Waals surface area contributed by atoms with Crippen LogP contribution in [0.5, 0.6) is 0 Å². The highest BCUT2D eigenvalue weighted by molar-refractivity contribution is 6.30. The van der Waals surface area contributed by atoms with Crippen LogP contribution in [0.3, 0.4) is 0 Å². The summed E-state index contributed by atoms with van der Waals surface area (Å²) in [7, 11) is 0. The van der Waals surface area contributed by atoms with Crippen molar-refractivity contribution in [2.45, 2.75) is 38.5 Å². The zero-order valence-corrected chi connectivity index (χ0v) is 13.5. The number of halogens is 1. The number of amides is 2. The Kier molecular flexibility index (Phi) is 4.36. The Balaban J connectivity index is 1.62. The maximum Gasteiger partial charge on any atom is 0.341 e. The van der Waals surface area contributed by atoms with E-state index in [0.717, 1.165) is 12.0 Å². The molecule has 2 amide bonds. The number of rotatable bonds is 3. The molecule has 0 bridgehead atoms. The normalized spacial score (nSPS) is 21.5. The van der Waals surface area contributed by atoms with E-state index in [1.165, 1.54) is 0 Å². The van der Waals surface area contributed by atoms with E-state index in [1.54, 1.807) is 16.1 Å². The maximum atomic E-state index is 12.6. The zero-order valence-electron chi connectivity index (χ0n) is 12.8. The zero-order chi connectivity index (χ0) is 15.7. The Morgan fingerprint density at radius 1 is 1.32 bits per heavy atom. The molecule has 2 aliphatic heterocycles. The van der Waals surface area contributed by atoms with Crippen LogP contribution in [0, 0.1) is 0 Å². The second kappa shape index (κ2) is 6.26. The summed E-state index contributed by atoms with van der Waals surface area (Å²) in [6.45, 7) is 5.28. The van der Waals surface area contributed by atoms with Gasteiger partial charge in [-0.3, -0.25) is 0 Å². The van der Waals surface area contributed by atoms with Gasteiger partial charge in [0.05, 0.1) is 31.3 Å². The van der Waals surface area contributed by atoms with E-state index in [0.29, 0.717) is 18.1 Å². The van der Waals surface area contributed by atoms with Crippen LogP contribution in [0.1, 0.15) is 31.9 Å². The first-order chi connectivity index (χ1) is 10.5. The average molecular weight is 322 g/mol. The van der Waals surface area contributed by atoms with E-state index in [9.17, 15) is 4.79 Å². The van der Waals surface area contributed by atoms with Gasteiger partial charge in [0.2, 0.25) is 0 Å². The number of nitrogens with zero attached hydrogens (tertiary/aromatic N) is 3. The molecule has 0 radical (unpaired) electrons. The largest absolute Gasteiger partial charge is 0.372 e. The smallest absolute Gasteiger partial charge is 0.341 e. The van der Waals surface area contributed by atoms with Crippen LogP contribution < -0.4 is 0 Å². The third-order valence-corrected chi connectivity index (χ3v) is 4.12. The van der Waals surface area contributed by atoms with Crippen molar-refractivity contribution in [2.24, 2.45) is 5.10 Å². The van der Waals surface area contributed by atoms with Gasteiger partial charge in [-0.2, -0.15) is 5.10 Å². The van der Waals surface area contributed by atoms with Gasteiger partial charge in [-0.1, -0.05) is 23.7 Å². The first-order valence-corrected chi connectivity index (χ1v) is 7.94. The molecular formula is C16H20ClN3O2. The van der Waals surface area contributed by atoms with E-state index in [2.05, 4.69) is 5.10 Å². The molecule has 22 heavy (non-hydrogen) atoms. The highest BCUT2D eigenvalue weighted by Gasteiger charge is 2.38. The van der Waals surface area contributed by atoms with E-state index in [1.807, 2.05) is 38.1 Å². The summed E-state index contributed by atoms with van der Waals surface area (Å²) in [5.41, 5.74) is 1.05. The maximum absolute atomic E-state index is 12.6. The van der Waals surface area contributed by atoms with Gasteiger partial charge < -0.3 is 9.64 Å². The van der Waals surface area contributed by atoms with Crippen molar-refractivity contribution in [3.63, 3.8) is 0 Å². The Morgan fingerprint density at radius 3 is 2.64 bits per heavy atom. The number of ether oxygens (including phenoxy) is 1. The SMILES string of the molecule is CC(C)OC1CN(C(=O)N2N=CC[C@H]2c2ccc(Cl)cc2)C1. The first kappa shape index (κ1) is 15.3. The lowest BCUT2D eigenvalue weighted by molar-refractivity contribution is -0.0691. The van der Waals surface area contributed by atoms with Gasteiger partial charge in [-0.05, 0) is 31.5 Å². The van der Waals surface area contributed by atoms with Gasteiger partial charge in [-0.15, -0.1) is 0 Å². The molecule has 1 fully saturated rings. The van der Waals surface area contributed by atoms with Gasteiger partial charge in [0.25, 0.3) is 0 Å². The molecule has 118 valence electrons. The molecule has 1 aromatic rings. The van der Waals surface area contributed by atoms with E-state index < -0.39 is 0 Å². The van der Waals surface area contributed by atoms with Crippen molar-refractivity contribution < 1.29 is 9.53 Å². The molecular weight excluding hydrogens is 302 g/mol. The molecule has 5 nitrogen and oxygen atoms in total. The fourth-order valence-electron chi connectivity index (χ4n) is 2.77. The Labute approximate surface area is 135 Å². The molecule has 0 spiro atoms. The minimum atomic E-state index is -0.0580. The van der Waals surface area contributed by atoms with Crippen molar-refractivity contribution >= 4 is 23.8 Å². The summed E-state index contributed by atoms with van der Waals surface area (Å²) < 4.78 is 5.69. The minimum Gasteiger partial charge on any atom is -0.372 e. The molecule has 1 saturated heterocycles. The third kappa shape index (κ3) is 3.10. The molecule has 2 heterocycles. The summed E-state index contributed by atoms with van der Waals surface area (Å²) in [6, 6.07) is 7.47. The van der Waals surface area contributed by atoms with E-state index in [-0.39, 0.29) is 24.3 Å². The highest BCUT2D eigenvalue weighted by atomic mass is 35.5. The van der Waals surface area contributed by atoms with Crippen LogP contribution in [0.15, 0.2) is 29.4 Å². The number of carbonyl (C=O) groups is 1. The Bertz CT molecular complexity index is 567. The fraction of sp³-hybridized carbons (Fsp3) is 0.500.